The predicted octanol–water partition coefficient (Wildman–Crippen LogP) is 5.21. The van der Waals surface area contributed by atoms with E-state index in [1.54, 1.807) is 0 Å². The van der Waals surface area contributed by atoms with Crippen molar-refractivity contribution in [1.82, 2.24) is 0 Å². The van der Waals surface area contributed by atoms with Gasteiger partial charge in [0.1, 0.15) is 0 Å². The van der Waals surface area contributed by atoms with E-state index in [2.05, 4.69) is 19.1 Å². The number of ether oxygens (including phenoxy) is 1. The van der Waals surface area contributed by atoms with E-state index in [0.29, 0.717) is 0 Å². The van der Waals surface area contributed by atoms with E-state index in [1.807, 2.05) is 7.11 Å². The van der Waals surface area contributed by atoms with Crippen molar-refractivity contribution >= 4 is 0 Å². The fourth-order valence-electron chi connectivity index (χ4n) is 4.20. The van der Waals surface area contributed by atoms with Crippen LogP contribution in [0.2, 0.25) is 0 Å². The summed E-state index contributed by atoms with van der Waals surface area (Å²) in [6.07, 6.45) is 17.6. The topological polar surface area (TPSA) is 9.23 Å². The van der Waals surface area contributed by atoms with Crippen LogP contribution in [0.15, 0.2) is 12.2 Å². The third kappa shape index (κ3) is 4.63. The van der Waals surface area contributed by atoms with E-state index in [0.717, 1.165) is 30.3 Å². The van der Waals surface area contributed by atoms with E-state index < -0.39 is 0 Å². The molecule has 0 aromatic rings. The summed E-state index contributed by atoms with van der Waals surface area (Å²) >= 11 is 0. The van der Waals surface area contributed by atoms with Crippen LogP contribution in [0.3, 0.4) is 0 Å². The van der Waals surface area contributed by atoms with Gasteiger partial charge in [-0.05, 0) is 81.5 Å². The highest BCUT2D eigenvalue weighted by Gasteiger charge is 2.30. The predicted molar refractivity (Wildman–Crippen MR) is 82.2 cm³/mol. The number of methoxy groups -OCH3 is 1. The van der Waals surface area contributed by atoms with Gasteiger partial charge in [0.2, 0.25) is 0 Å². The van der Waals surface area contributed by atoms with Crippen molar-refractivity contribution in [1.29, 1.82) is 0 Å². The molecule has 0 aromatic heterocycles. The van der Waals surface area contributed by atoms with Crippen LogP contribution in [0.25, 0.3) is 0 Å². The minimum atomic E-state index is 0.852. The van der Waals surface area contributed by atoms with E-state index in [4.69, 9.17) is 4.74 Å². The molecule has 2 aliphatic carbocycles. The summed E-state index contributed by atoms with van der Waals surface area (Å²) in [6, 6.07) is 0. The third-order valence-electron chi connectivity index (χ3n) is 5.42. The first-order valence-electron chi connectivity index (χ1n) is 8.49. The molecule has 1 nitrogen and oxygen atoms in total. The Hall–Kier alpha value is -0.300. The maximum atomic E-state index is 5.31. The van der Waals surface area contributed by atoms with Gasteiger partial charge in [0.25, 0.3) is 0 Å². The lowest BCUT2D eigenvalue weighted by atomic mass is 9.69. The lowest BCUT2D eigenvalue weighted by molar-refractivity contribution is 0.0957. The van der Waals surface area contributed by atoms with Crippen molar-refractivity contribution < 1.29 is 4.74 Å². The summed E-state index contributed by atoms with van der Waals surface area (Å²) in [4.78, 5) is 0. The number of hydrogen-bond donors (Lipinski definition) is 0. The van der Waals surface area contributed by atoms with E-state index in [9.17, 15) is 0 Å². The second kappa shape index (κ2) is 8.09. The minimum Gasteiger partial charge on any atom is -0.384 e. The van der Waals surface area contributed by atoms with Crippen molar-refractivity contribution in [3.8, 4) is 0 Å². The van der Waals surface area contributed by atoms with Gasteiger partial charge in [-0.15, -0.1) is 0 Å². The normalized spacial score (nSPS) is 36.7. The summed E-state index contributed by atoms with van der Waals surface area (Å²) < 4.78 is 5.31. The smallest absolute Gasteiger partial charge is 0.0490 e. The Morgan fingerprint density at radius 2 is 1.47 bits per heavy atom. The first kappa shape index (κ1) is 15.1. The summed E-state index contributed by atoms with van der Waals surface area (Å²) in [5.74, 6) is 3.81. The highest BCUT2D eigenvalue weighted by atomic mass is 16.5. The van der Waals surface area contributed by atoms with Crippen LogP contribution in [-0.2, 0) is 4.74 Å². The number of hydrogen-bond acceptors (Lipinski definition) is 1. The van der Waals surface area contributed by atoms with Gasteiger partial charge >= 0.3 is 0 Å². The second-order valence-electron chi connectivity index (χ2n) is 6.75. The summed E-state index contributed by atoms with van der Waals surface area (Å²) in [5, 5.41) is 0. The van der Waals surface area contributed by atoms with Crippen molar-refractivity contribution in [2.24, 2.45) is 23.7 Å². The average Bonchev–Trinajstić information content (AvgIpc) is 2.47. The van der Waals surface area contributed by atoms with E-state index in [1.165, 1.54) is 57.8 Å². The van der Waals surface area contributed by atoms with Gasteiger partial charge in [0, 0.05) is 13.7 Å². The Bertz CT molecular complexity index is 255. The van der Waals surface area contributed by atoms with Crippen LogP contribution in [0.5, 0.6) is 0 Å². The fourth-order valence-corrected chi connectivity index (χ4v) is 4.20. The molecule has 1 heteroatoms. The Morgan fingerprint density at radius 1 is 0.895 bits per heavy atom. The van der Waals surface area contributed by atoms with Crippen LogP contribution in [-0.4, -0.2) is 13.7 Å². The second-order valence-corrected chi connectivity index (χ2v) is 6.75. The summed E-state index contributed by atoms with van der Waals surface area (Å²) in [7, 11) is 1.84. The molecule has 0 atom stereocenters. The number of rotatable bonds is 5. The van der Waals surface area contributed by atoms with Gasteiger partial charge in [-0.1, -0.05) is 19.1 Å². The zero-order valence-corrected chi connectivity index (χ0v) is 12.9. The first-order valence-corrected chi connectivity index (χ1v) is 8.49. The molecule has 19 heavy (non-hydrogen) atoms. The van der Waals surface area contributed by atoms with Gasteiger partial charge in [0.15, 0.2) is 0 Å². The molecular formula is C18H32O. The molecule has 2 aliphatic rings. The maximum absolute atomic E-state index is 5.31. The van der Waals surface area contributed by atoms with Gasteiger partial charge in [-0.3, -0.25) is 0 Å². The lowest BCUT2D eigenvalue weighted by Gasteiger charge is -2.37. The molecule has 0 heterocycles. The monoisotopic (exact) mass is 264 g/mol. The quantitative estimate of drug-likeness (QED) is 0.619. The van der Waals surface area contributed by atoms with Gasteiger partial charge < -0.3 is 4.74 Å². The first-order chi connectivity index (χ1) is 9.33. The van der Waals surface area contributed by atoms with Crippen molar-refractivity contribution in [3.05, 3.63) is 12.2 Å². The van der Waals surface area contributed by atoms with Crippen LogP contribution < -0.4 is 0 Å². The summed E-state index contributed by atoms with van der Waals surface area (Å²) in [5.41, 5.74) is 0. The molecule has 0 saturated heterocycles. The van der Waals surface area contributed by atoms with Crippen LogP contribution in [0.1, 0.15) is 64.7 Å². The Labute approximate surface area is 119 Å². The Morgan fingerprint density at radius 3 is 2.00 bits per heavy atom. The Balaban J connectivity index is 1.69. The average molecular weight is 264 g/mol. The van der Waals surface area contributed by atoms with Crippen LogP contribution in [0, 0.1) is 23.7 Å². The zero-order valence-electron chi connectivity index (χ0n) is 12.9. The van der Waals surface area contributed by atoms with Gasteiger partial charge in [-0.2, -0.15) is 0 Å². The molecular weight excluding hydrogens is 232 g/mol. The minimum absolute atomic E-state index is 0.852. The molecule has 110 valence electrons. The highest BCUT2D eigenvalue weighted by Crippen LogP contribution is 2.41. The number of allylic oxidation sites excluding steroid dienone is 2. The molecule has 0 bridgehead atoms. The third-order valence-corrected chi connectivity index (χ3v) is 5.42. The highest BCUT2D eigenvalue weighted by molar-refractivity contribution is 4.91. The van der Waals surface area contributed by atoms with Gasteiger partial charge in [0.05, 0.1) is 0 Å². The molecule has 0 spiro atoms. The molecule has 0 aliphatic heterocycles. The molecule has 0 unspecified atom stereocenters. The standard InChI is InChI=1S/C18H32O/c1-3-4-5-15-6-10-17(11-7-15)18-12-8-16(9-13-18)14-19-2/h4-5,15-18H,3,6-14H2,1-2H3/b5-4+. The van der Waals surface area contributed by atoms with Gasteiger partial charge in [-0.25, -0.2) is 0 Å². The molecule has 0 aromatic carbocycles. The van der Waals surface area contributed by atoms with Crippen molar-refractivity contribution in [2.45, 2.75) is 64.7 Å². The molecule has 2 saturated carbocycles. The van der Waals surface area contributed by atoms with Crippen LogP contribution in [0.4, 0.5) is 0 Å². The fraction of sp³-hybridized carbons (Fsp3) is 0.889. The molecule has 0 amide bonds. The zero-order chi connectivity index (χ0) is 13.5. The van der Waals surface area contributed by atoms with Crippen LogP contribution >= 0.6 is 0 Å². The van der Waals surface area contributed by atoms with Crippen molar-refractivity contribution in [3.63, 3.8) is 0 Å². The van der Waals surface area contributed by atoms with E-state index >= 15 is 0 Å². The maximum Gasteiger partial charge on any atom is 0.0490 e. The molecule has 2 rings (SSSR count). The Kier molecular flexibility index (Phi) is 6.43. The molecule has 0 N–H and O–H groups in total. The molecule has 0 radical (unpaired) electrons. The SMILES string of the molecule is CC/C=C/C1CCC(C2CCC(COC)CC2)CC1. The largest absolute Gasteiger partial charge is 0.384 e. The molecule has 2 fully saturated rings. The summed E-state index contributed by atoms with van der Waals surface area (Å²) in [6.45, 7) is 3.22. The van der Waals surface area contributed by atoms with E-state index in [-0.39, 0.29) is 0 Å². The lowest BCUT2D eigenvalue weighted by Crippen LogP contribution is -2.26. The van der Waals surface area contributed by atoms with Crippen molar-refractivity contribution in [2.75, 3.05) is 13.7 Å².